The summed E-state index contributed by atoms with van der Waals surface area (Å²) in [5.74, 6) is -0.693. The number of alkyl halides is 6. The Bertz CT molecular complexity index is 430. The van der Waals surface area contributed by atoms with Crippen molar-refractivity contribution in [3.63, 3.8) is 0 Å². The van der Waals surface area contributed by atoms with Gasteiger partial charge in [0.2, 0.25) is 0 Å². The summed E-state index contributed by atoms with van der Waals surface area (Å²) in [5.41, 5.74) is -2.98. The maximum absolute atomic E-state index is 12.5. The van der Waals surface area contributed by atoms with Crippen molar-refractivity contribution in [1.29, 1.82) is 0 Å². The van der Waals surface area contributed by atoms with E-state index in [0.29, 0.717) is 12.1 Å². The van der Waals surface area contributed by atoms with Gasteiger partial charge in [-0.1, -0.05) is 0 Å². The average molecular weight is 338 g/mol. The average Bonchev–Trinajstić information content (AvgIpc) is 2.33. The summed E-state index contributed by atoms with van der Waals surface area (Å²) < 4.78 is 88.8. The number of halogens is 6. The monoisotopic (exact) mass is 338 g/mol. The summed E-state index contributed by atoms with van der Waals surface area (Å²) in [4.78, 5) is 0. The lowest BCUT2D eigenvalue weighted by Gasteiger charge is -2.16. The summed E-state index contributed by atoms with van der Waals surface area (Å²) in [7, 11) is 1.91. The number of hydrogen-bond donors (Lipinski definition) is 0. The fourth-order valence-corrected chi connectivity index (χ4v) is 1.56. The van der Waals surface area contributed by atoms with E-state index in [4.69, 9.17) is 4.65 Å². The molecule has 0 bridgehead atoms. The van der Waals surface area contributed by atoms with Crippen LogP contribution in [-0.2, 0) is 21.2 Å². The first-order chi connectivity index (χ1) is 9.07. The first kappa shape index (κ1) is 17.5. The van der Waals surface area contributed by atoms with Crippen molar-refractivity contribution in [2.75, 3.05) is 0 Å². The molecule has 0 aliphatic carbocycles. The zero-order chi connectivity index (χ0) is 15.6. The molecule has 112 valence electrons. The van der Waals surface area contributed by atoms with E-state index in [-0.39, 0.29) is 6.07 Å². The minimum absolute atomic E-state index is 0.00896. The highest BCUT2D eigenvalue weighted by molar-refractivity contribution is 7.15. The van der Waals surface area contributed by atoms with E-state index in [0.717, 1.165) is 0 Å². The van der Waals surface area contributed by atoms with Crippen molar-refractivity contribution in [2.45, 2.75) is 12.4 Å². The molecule has 0 aromatic heterocycles. The molecule has 0 heterocycles. The molecular weight excluding hydrogens is 331 g/mol. The molecule has 2 unspecified atom stereocenters. The Hall–Kier alpha value is -0.555. The van der Waals surface area contributed by atoms with E-state index >= 15 is 0 Å². The summed E-state index contributed by atoms with van der Waals surface area (Å²) in [6.07, 6.45) is -9.89. The van der Waals surface area contributed by atoms with Gasteiger partial charge in [0.05, 0.1) is 11.1 Å². The summed E-state index contributed by atoms with van der Waals surface area (Å²) >= 11 is 0. The van der Waals surface area contributed by atoms with Gasteiger partial charge in [0.25, 0.3) is 0 Å². The third-order valence-corrected chi connectivity index (χ3v) is 2.46. The zero-order valence-corrected chi connectivity index (χ0v) is 11.8. The van der Waals surface area contributed by atoms with Crippen molar-refractivity contribution < 1.29 is 39.9 Å². The van der Waals surface area contributed by atoms with Crippen LogP contribution in [0.25, 0.3) is 0 Å². The lowest BCUT2D eigenvalue weighted by molar-refractivity contribution is -0.143. The van der Waals surface area contributed by atoms with Crippen LogP contribution in [0.4, 0.5) is 26.3 Å². The van der Waals surface area contributed by atoms with Gasteiger partial charge >= 0.3 is 19.7 Å². The van der Waals surface area contributed by atoms with Gasteiger partial charge < -0.3 is 13.5 Å². The molecule has 1 aromatic carbocycles. The van der Waals surface area contributed by atoms with Gasteiger partial charge in [-0.2, -0.15) is 26.3 Å². The van der Waals surface area contributed by atoms with Crippen LogP contribution in [-0.4, -0.2) is 7.32 Å². The summed E-state index contributed by atoms with van der Waals surface area (Å²) in [6, 6.07) is 0.816. The maximum Gasteiger partial charge on any atom is 0.719 e. The van der Waals surface area contributed by atoms with Crippen LogP contribution in [0.5, 0.6) is 5.75 Å². The van der Waals surface area contributed by atoms with Crippen LogP contribution in [0.2, 0.25) is 0 Å². The third-order valence-electron chi connectivity index (χ3n) is 2.02. The second kappa shape index (κ2) is 6.47. The topological polar surface area (TPSA) is 27.7 Å². The lowest BCUT2D eigenvalue weighted by Crippen LogP contribution is -2.23. The zero-order valence-electron chi connectivity index (χ0n) is 9.46. The van der Waals surface area contributed by atoms with E-state index in [1.165, 1.54) is 0 Å². The third kappa shape index (κ3) is 4.77. The largest absolute Gasteiger partial charge is 0.719 e. The van der Waals surface area contributed by atoms with Crippen LogP contribution in [0, 0.1) is 0 Å². The Morgan fingerprint density at radius 1 is 0.800 bits per heavy atom. The van der Waals surface area contributed by atoms with Crippen molar-refractivity contribution in [2.24, 2.45) is 0 Å². The molecule has 3 nitrogen and oxygen atoms in total. The predicted molar refractivity (Wildman–Crippen MR) is 64.4 cm³/mol. The maximum atomic E-state index is 12.5. The van der Waals surface area contributed by atoms with E-state index in [9.17, 15) is 26.3 Å². The molecule has 1 rings (SSSR count). The van der Waals surface area contributed by atoms with Gasteiger partial charge in [0.1, 0.15) is 5.75 Å². The molecule has 20 heavy (non-hydrogen) atoms. The fraction of sp³-hybridized carbons (Fsp3) is 0.250. The van der Waals surface area contributed by atoms with Crippen molar-refractivity contribution in [3.05, 3.63) is 29.3 Å². The highest BCUT2D eigenvalue weighted by atomic mass is 31.0. The molecule has 1 aromatic rings. The molecule has 12 heteroatoms. The molecule has 0 saturated heterocycles. The Morgan fingerprint density at radius 2 is 1.20 bits per heavy atom. The van der Waals surface area contributed by atoms with E-state index in [1.54, 1.807) is 18.9 Å². The number of benzene rings is 1. The van der Waals surface area contributed by atoms with Crippen LogP contribution < -0.4 is 4.65 Å². The van der Waals surface area contributed by atoms with Crippen LogP contribution >= 0.6 is 18.9 Å². The highest BCUT2D eigenvalue weighted by Gasteiger charge is 2.37. The minimum Gasteiger partial charge on any atom is -0.512 e. The molecule has 0 fully saturated rings. The second-order valence-corrected chi connectivity index (χ2v) is 3.96. The molecule has 0 radical (unpaired) electrons. The SMILES string of the molecule is FC(F)(F)c1cc(OB(OP)OP)cc(C(F)(F)F)c1. The van der Waals surface area contributed by atoms with Gasteiger partial charge in [-0.15, -0.1) is 0 Å². The van der Waals surface area contributed by atoms with Crippen LogP contribution in [0.15, 0.2) is 18.2 Å². The quantitative estimate of drug-likeness (QED) is 0.476. The highest BCUT2D eigenvalue weighted by Crippen LogP contribution is 2.38. The predicted octanol–water partition coefficient (Wildman–Crippen LogP) is 3.70. The van der Waals surface area contributed by atoms with Gasteiger partial charge in [-0.05, 0) is 37.1 Å². The minimum atomic E-state index is -4.95. The van der Waals surface area contributed by atoms with Crippen molar-refractivity contribution in [3.8, 4) is 5.75 Å². The molecule has 0 aliphatic heterocycles. The molecular formula is C8H7BF6O3P2. The fourth-order valence-electron chi connectivity index (χ4n) is 1.19. The Morgan fingerprint density at radius 3 is 1.50 bits per heavy atom. The lowest BCUT2D eigenvalue weighted by atomic mass is 10.1. The van der Waals surface area contributed by atoms with Gasteiger partial charge in [0.15, 0.2) is 0 Å². The molecule has 0 spiro atoms. The second-order valence-electron chi connectivity index (χ2n) is 3.42. The summed E-state index contributed by atoms with van der Waals surface area (Å²) in [6.45, 7) is 0. The Kier molecular flexibility index (Phi) is 5.66. The number of hydrogen-bond acceptors (Lipinski definition) is 3. The van der Waals surface area contributed by atoms with Gasteiger partial charge in [-0.3, -0.25) is 0 Å². The first-order valence-electron chi connectivity index (χ1n) is 4.75. The Labute approximate surface area is 114 Å². The molecule has 0 N–H and O–H groups in total. The first-order valence-corrected chi connectivity index (χ1v) is 5.69. The normalized spacial score (nSPS) is 12.4. The van der Waals surface area contributed by atoms with Crippen molar-refractivity contribution in [1.82, 2.24) is 0 Å². The Balaban J connectivity index is 3.24. The van der Waals surface area contributed by atoms with Crippen molar-refractivity contribution >= 4 is 26.3 Å². The van der Waals surface area contributed by atoms with E-state index in [2.05, 4.69) is 8.88 Å². The van der Waals surface area contributed by atoms with Crippen LogP contribution in [0.3, 0.4) is 0 Å². The molecule has 0 amide bonds. The van der Waals surface area contributed by atoms with Crippen LogP contribution in [0.1, 0.15) is 11.1 Å². The van der Waals surface area contributed by atoms with Gasteiger partial charge in [0, 0.05) is 0 Å². The number of rotatable bonds is 4. The smallest absolute Gasteiger partial charge is 0.512 e. The summed E-state index contributed by atoms with van der Waals surface area (Å²) in [5, 5.41) is 0. The molecule has 0 saturated carbocycles. The van der Waals surface area contributed by atoms with E-state index < -0.39 is 36.6 Å². The van der Waals surface area contributed by atoms with Gasteiger partial charge in [-0.25, -0.2) is 0 Å². The molecule has 0 aliphatic rings. The van der Waals surface area contributed by atoms with E-state index in [1.807, 2.05) is 0 Å². The molecule has 2 atom stereocenters. The standard InChI is InChI=1S/C8H7BF6O3P2/c10-7(11,12)4-1-5(8(13,14)15)3-6(2-4)16-9(17-19)18-20/h1-3H,19-20H2.